The Bertz CT molecular complexity index is 105. The normalized spacial score (nSPS) is 8.45. The van der Waals surface area contributed by atoms with Crippen molar-refractivity contribution in [3.05, 3.63) is 0 Å². The third kappa shape index (κ3) is 25.4. The summed E-state index contributed by atoms with van der Waals surface area (Å²) in [7, 11) is -0.750. The lowest BCUT2D eigenvalue weighted by Crippen LogP contribution is -2.05. The van der Waals surface area contributed by atoms with E-state index in [0.717, 1.165) is 3.45 Å². The summed E-state index contributed by atoms with van der Waals surface area (Å²) in [4.78, 5) is 9.80. The second kappa shape index (κ2) is 10.2. The molecular formula is C3H8BBrClNO4. The van der Waals surface area contributed by atoms with E-state index >= 15 is 0 Å². The van der Waals surface area contributed by atoms with Gasteiger partial charge in [0.2, 0.25) is 0 Å². The zero-order valence-corrected chi connectivity index (χ0v) is 7.92. The monoisotopic (exact) mass is 247 g/mol. The fourth-order valence-corrected chi connectivity index (χ4v) is 0.442. The molecule has 0 amide bonds. The van der Waals surface area contributed by atoms with Gasteiger partial charge in [-0.2, -0.15) is 3.45 Å². The van der Waals surface area contributed by atoms with Crippen molar-refractivity contribution in [1.29, 1.82) is 0 Å². The Kier molecular flexibility index (Phi) is 12.7. The summed E-state index contributed by atoms with van der Waals surface area (Å²) in [5.74, 6) is -0.852. The first-order valence-corrected chi connectivity index (χ1v) is 3.62. The summed E-state index contributed by atoms with van der Waals surface area (Å²) in [6.07, 6.45) is 0.0503. The molecule has 0 aromatic heterocycles. The van der Waals surface area contributed by atoms with Gasteiger partial charge in [0.15, 0.2) is 0 Å². The number of hydrogen-bond acceptors (Lipinski definition) is 4. The van der Waals surface area contributed by atoms with Gasteiger partial charge < -0.3 is 15.2 Å². The van der Waals surface area contributed by atoms with Gasteiger partial charge in [0.05, 0.1) is 6.42 Å². The van der Waals surface area contributed by atoms with Crippen LogP contribution in [0.1, 0.15) is 6.42 Å². The zero-order chi connectivity index (χ0) is 9.28. The largest absolute Gasteiger partial charge is 0.481 e. The van der Waals surface area contributed by atoms with Crippen molar-refractivity contribution in [3.8, 4) is 0 Å². The fraction of sp³-hybridized carbons (Fsp3) is 0.667. The van der Waals surface area contributed by atoms with E-state index in [-0.39, 0.29) is 6.42 Å². The van der Waals surface area contributed by atoms with E-state index in [4.69, 9.17) is 26.9 Å². The number of halogens is 2. The Morgan fingerprint density at radius 1 is 1.64 bits per heavy atom. The molecule has 0 bridgehead atoms. The lowest BCUT2D eigenvalue weighted by atomic mass is 10.5. The predicted octanol–water partition coefficient (Wildman–Crippen LogP) is -0.536. The van der Waals surface area contributed by atoms with Crippen molar-refractivity contribution < 1.29 is 19.9 Å². The fourth-order valence-electron chi connectivity index (χ4n) is 0.180. The lowest BCUT2D eigenvalue weighted by molar-refractivity contribution is -0.136. The molecule has 66 valence electrons. The van der Waals surface area contributed by atoms with E-state index in [2.05, 4.69) is 16.1 Å². The molecule has 3 N–H and O–H groups in total. The molecule has 0 rings (SSSR count). The van der Waals surface area contributed by atoms with Crippen LogP contribution in [-0.2, 0) is 4.79 Å². The number of hydrogen-bond donors (Lipinski definition) is 3. The van der Waals surface area contributed by atoms with E-state index in [1.807, 2.05) is 0 Å². The van der Waals surface area contributed by atoms with Crippen LogP contribution in [-0.4, -0.2) is 38.8 Å². The Labute approximate surface area is 78.3 Å². The Balaban J connectivity index is 0. The number of carbonyl (C=O) groups is 1. The maximum Gasteiger partial charge on any atom is 0.432 e. The molecule has 8 heteroatoms. The standard InChI is InChI=1S/C3H5BrClNO2.BH3O2/c4-6(5)2-1-3(7)8;2-1-3/h1-2H2,(H,7,8);1-3H. The molecule has 0 spiro atoms. The average molecular weight is 248 g/mol. The van der Waals surface area contributed by atoms with E-state index in [9.17, 15) is 4.79 Å². The van der Waals surface area contributed by atoms with Crippen LogP contribution in [0.5, 0.6) is 0 Å². The highest BCUT2D eigenvalue weighted by Crippen LogP contribution is 2.01. The summed E-state index contributed by atoms with van der Waals surface area (Å²) < 4.78 is 1.13. The van der Waals surface area contributed by atoms with E-state index in [0.29, 0.717) is 6.54 Å². The highest BCUT2D eigenvalue weighted by molar-refractivity contribution is 9.08. The highest BCUT2D eigenvalue weighted by atomic mass is 79.9. The first kappa shape index (κ1) is 13.8. The van der Waals surface area contributed by atoms with Crippen molar-refractivity contribution >= 4 is 41.6 Å². The SMILES string of the molecule is O=C(O)CCN(Cl)Br.OBO. The summed E-state index contributed by atoms with van der Waals surface area (Å²) >= 11 is 8.05. The predicted molar refractivity (Wildman–Crippen MR) is 45.3 cm³/mol. The van der Waals surface area contributed by atoms with Gasteiger partial charge in [-0.1, -0.05) is 0 Å². The molecule has 0 radical (unpaired) electrons. The van der Waals surface area contributed by atoms with Crippen LogP contribution in [0.25, 0.3) is 0 Å². The molecular weight excluding hydrogens is 240 g/mol. The summed E-state index contributed by atoms with van der Waals surface area (Å²) in [5, 5.41) is 22.3. The van der Waals surface area contributed by atoms with E-state index in [1.54, 1.807) is 0 Å². The maximum atomic E-state index is 9.80. The van der Waals surface area contributed by atoms with E-state index < -0.39 is 13.7 Å². The van der Waals surface area contributed by atoms with Gasteiger partial charge in [0.1, 0.15) is 0 Å². The van der Waals surface area contributed by atoms with E-state index in [1.165, 1.54) is 0 Å². The summed E-state index contributed by atoms with van der Waals surface area (Å²) in [6, 6.07) is 0. The summed E-state index contributed by atoms with van der Waals surface area (Å²) in [5.41, 5.74) is 0. The van der Waals surface area contributed by atoms with Crippen LogP contribution in [0, 0.1) is 0 Å². The Hall–Kier alpha value is 0.185. The molecule has 0 atom stereocenters. The smallest absolute Gasteiger partial charge is 0.432 e. The van der Waals surface area contributed by atoms with Gasteiger partial charge in [0.25, 0.3) is 0 Å². The number of carboxylic acid groups (broad SMARTS) is 1. The van der Waals surface area contributed by atoms with Gasteiger partial charge in [-0.25, -0.2) is 0 Å². The van der Waals surface area contributed by atoms with Crippen LogP contribution < -0.4 is 0 Å². The van der Waals surface area contributed by atoms with Crippen LogP contribution in [0.2, 0.25) is 0 Å². The number of carboxylic acids is 1. The topological polar surface area (TPSA) is 81.0 Å². The molecule has 0 heterocycles. The molecule has 0 fully saturated rings. The molecule has 0 aliphatic rings. The van der Waals surface area contributed by atoms with Gasteiger partial charge >= 0.3 is 13.7 Å². The van der Waals surface area contributed by atoms with Gasteiger partial charge in [-0.3, -0.25) is 4.79 Å². The Morgan fingerprint density at radius 2 is 2.00 bits per heavy atom. The van der Waals surface area contributed by atoms with Gasteiger partial charge in [-0.05, 0) is 11.8 Å². The molecule has 0 aliphatic carbocycles. The van der Waals surface area contributed by atoms with Gasteiger partial charge in [0, 0.05) is 22.7 Å². The third-order valence-corrected chi connectivity index (χ3v) is 1.02. The minimum absolute atomic E-state index is 0.0503. The minimum Gasteiger partial charge on any atom is -0.481 e. The highest BCUT2D eigenvalue weighted by Gasteiger charge is 1.98. The minimum atomic E-state index is -0.852. The van der Waals surface area contributed by atoms with Crippen molar-refractivity contribution in [2.45, 2.75) is 6.42 Å². The molecule has 0 aromatic rings. The third-order valence-electron chi connectivity index (χ3n) is 0.495. The number of nitrogens with zero attached hydrogens (tertiary/aromatic N) is 1. The molecule has 11 heavy (non-hydrogen) atoms. The second-order valence-electron chi connectivity index (χ2n) is 1.31. The van der Waals surface area contributed by atoms with Crippen molar-refractivity contribution in [2.24, 2.45) is 0 Å². The zero-order valence-electron chi connectivity index (χ0n) is 5.57. The molecule has 0 saturated carbocycles. The number of aliphatic carboxylic acids is 1. The molecule has 0 unspecified atom stereocenters. The first-order valence-electron chi connectivity index (χ1n) is 2.57. The average Bonchev–Trinajstić information content (AvgIpc) is 1.85. The quantitative estimate of drug-likeness (QED) is 0.462. The van der Waals surface area contributed by atoms with Crippen molar-refractivity contribution in [2.75, 3.05) is 6.54 Å². The Morgan fingerprint density at radius 3 is 2.09 bits per heavy atom. The van der Waals surface area contributed by atoms with Crippen molar-refractivity contribution in [3.63, 3.8) is 0 Å². The summed E-state index contributed by atoms with van der Waals surface area (Å²) in [6.45, 7) is 0.302. The van der Waals surface area contributed by atoms with Crippen LogP contribution >= 0.6 is 27.9 Å². The molecule has 0 aromatic carbocycles. The van der Waals surface area contributed by atoms with Crippen LogP contribution in [0.15, 0.2) is 0 Å². The molecule has 0 saturated heterocycles. The second-order valence-corrected chi connectivity index (χ2v) is 2.98. The van der Waals surface area contributed by atoms with Crippen molar-refractivity contribution in [1.82, 2.24) is 3.45 Å². The van der Waals surface area contributed by atoms with Crippen LogP contribution in [0.4, 0.5) is 0 Å². The molecule has 5 nitrogen and oxygen atoms in total. The lowest BCUT2D eigenvalue weighted by Gasteiger charge is -1.97. The number of rotatable bonds is 3. The maximum absolute atomic E-state index is 9.80. The first-order chi connectivity index (χ1) is 5.04. The molecule has 0 aliphatic heterocycles. The van der Waals surface area contributed by atoms with Gasteiger partial charge in [-0.15, -0.1) is 0 Å². The van der Waals surface area contributed by atoms with Crippen LogP contribution in [0.3, 0.4) is 0 Å².